The maximum Gasteiger partial charge on any atom is 0.320 e. The molecule has 3 nitrogen and oxygen atoms in total. The summed E-state index contributed by atoms with van der Waals surface area (Å²) in [6.07, 6.45) is 0.434. The first-order valence-corrected chi connectivity index (χ1v) is 6.33. The molecule has 3 N–H and O–H groups in total. The Hall–Kier alpha value is -1.35. The van der Waals surface area contributed by atoms with E-state index in [0.29, 0.717) is 12.3 Å². The Morgan fingerprint density at radius 1 is 1.28 bits per heavy atom. The molecule has 0 amide bonds. The largest absolute Gasteiger partial charge is 0.480 e. The van der Waals surface area contributed by atoms with Crippen LogP contribution in [0.3, 0.4) is 0 Å². The summed E-state index contributed by atoms with van der Waals surface area (Å²) < 4.78 is 0. The molecular formula is C15H23NO2. The molecule has 0 aliphatic rings. The molecule has 0 aliphatic heterocycles. The molecule has 0 aliphatic carbocycles. The fraction of sp³-hybridized carbons (Fsp3) is 0.533. The molecule has 0 fully saturated rings. The van der Waals surface area contributed by atoms with E-state index in [4.69, 9.17) is 10.8 Å². The number of carboxylic acids is 1. The Morgan fingerprint density at radius 2 is 1.78 bits per heavy atom. The van der Waals surface area contributed by atoms with Crippen molar-refractivity contribution in [2.24, 2.45) is 5.73 Å². The summed E-state index contributed by atoms with van der Waals surface area (Å²) >= 11 is 0. The first-order chi connectivity index (χ1) is 8.24. The van der Waals surface area contributed by atoms with E-state index >= 15 is 0 Å². The lowest BCUT2D eigenvalue weighted by Crippen LogP contribution is -2.36. The van der Waals surface area contributed by atoms with E-state index in [0.717, 1.165) is 5.56 Å². The van der Waals surface area contributed by atoms with Crippen molar-refractivity contribution in [2.75, 3.05) is 0 Å². The lowest BCUT2D eigenvalue weighted by molar-refractivity contribution is -0.139. The molecular weight excluding hydrogens is 226 g/mol. The van der Waals surface area contributed by atoms with Gasteiger partial charge < -0.3 is 10.8 Å². The number of rotatable bonds is 5. The SMILES string of the molecule is CC(C)c1ccc(C(C)(C)CC(N)C(=O)O)cc1. The molecule has 1 atom stereocenters. The second-order valence-electron chi connectivity index (χ2n) is 5.81. The third kappa shape index (κ3) is 3.57. The third-order valence-corrected chi connectivity index (χ3v) is 3.41. The van der Waals surface area contributed by atoms with E-state index in [2.05, 4.69) is 38.1 Å². The van der Waals surface area contributed by atoms with Crippen molar-refractivity contribution in [3.8, 4) is 0 Å². The second kappa shape index (κ2) is 5.53. The third-order valence-electron chi connectivity index (χ3n) is 3.41. The molecule has 0 aromatic heterocycles. The first-order valence-electron chi connectivity index (χ1n) is 6.33. The van der Waals surface area contributed by atoms with Crippen molar-refractivity contribution in [1.29, 1.82) is 0 Å². The summed E-state index contributed by atoms with van der Waals surface area (Å²) in [4.78, 5) is 10.8. The molecule has 0 saturated heterocycles. The number of aliphatic carboxylic acids is 1. The molecule has 0 saturated carbocycles. The van der Waals surface area contributed by atoms with Crippen molar-refractivity contribution < 1.29 is 9.90 Å². The summed E-state index contributed by atoms with van der Waals surface area (Å²) in [5.74, 6) is -0.440. The van der Waals surface area contributed by atoms with Gasteiger partial charge in [0, 0.05) is 0 Å². The minimum atomic E-state index is -0.943. The molecule has 0 spiro atoms. The van der Waals surface area contributed by atoms with Gasteiger partial charge in [-0.25, -0.2) is 0 Å². The minimum Gasteiger partial charge on any atom is -0.480 e. The summed E-state index contributed by atoms with van der Waals surface area (Å²) in [6, 6.07) is 7.54. The zero-order valence-electron chi connectivity index (χ0n) is 11.6. The van der Waals surface area contributed by atoms with Crippen LogP contribution >= 0.6 is 0 Å². The summed E-state index contributed by atoms with van der Waals surface area (Å²) in [7, 11) is 0. The normalized spacial score (nSPS) is 13.7. The predicted octanol–water partition coefficient (Wildman–Crippen LogP) is 2.89. The summed E-state index contributed by atoms with van der Waals surface area (Å²) in [5.41, 5.74) is 7.81. The second-order valence-corrected chi connectivity index (χ2v) is 5.81. The summed E-state index contributed by atoms with van der Waals surface area (Å²) in [5, 5.41) is 8.88. The average molecular weight is 249 g/mol. The van der Waals surface area contributed by atoms with Crippen molar-refractivity contribution in [3.63, 3.8) is 0 Å². The van der Waals surface area contributed by atoms with E-state index in [9.17, 15) is 4.79 Å². The number of benzene rings is 1. The number of hydrogen-bond donors (Lipinski definition) is 2. The lowest BCUT2D eigenvalue weighted by Gasteiger charge is -2.27. The molecule has 1 rings (SSSR count). The minimum absolute atomic E-state index is 0.229. The molecule has 0 bridgehead atoms. The van der Waals surface area contributed by atoms with E-state index in [1.54, 1.807) is 0 Å². The topological polar surface area (TPSA) is 63.3 Å². The molecule has 3 heteroatoms. The molecule has 1 aromatic carbocycles. The molecule has 100 valence electrons. The van der Waals surface area contributed by atoms with E-state index in [1.807, 2.05) is 13.8 Å². The van der Waals surface area contributed by atoms with Crippen molar-refractivity contribution in [1.82, 2.24) is 0 Å². The molecule has 0 heterocycles. The summed E-state index contributed by atoms with van der Waals surface area (Å²) in [6.45, 7) is 8.36. The van der Waals surface area contributed by atoms with Crippen LogP contribution in [0.4, 0.5) is 0 Å². The zero-order chi connectivity index (χ0) is 13.9. The fourth-order valence-corrected chi connectivity index (χ4v) is 2.07. The Bertz CT molecular complexity index is 407. The van der Waals surface area contributed by atoms with Crippen LogP contribution in [0, 0.1) is 0 Å². The van der Waals surface area contributed by atoms with Gasteiger partial charge in [-0.3, -0.25) is 4.79 Å². The first kappa shape index (κ1) is 14.7. The van der Waals surface area contributed by atoms with E-state index in [1.165, 1.54) is 5.56 Å². The number of carboxylic acid groups (broad SMARTS) is 1. The Balaban J connectivity index is 2.87. The Labute approximate surface area is 109 Å². The average Bonchev–Trinajstić information content (AvgIpc) is 2.28. The fourth-order valence-electron chi connectivity index (χ4n) is 2.07. The smallest absolute Gasteiger partial charge is 0.320 e. The van der Waals surface area contributed by atoms with Crippen molar-refractivity contribution in [3.05, 3.63) is 35.4 Å². The van der Waals surface area contributed by atoms with Gasteiger partial charge in [-0.05, 0) is 28.9 Å². The Morgan fingerprint density at radius 3 is 2.17 bits per heavy atom. The van der Waals surface area contributed by atoms with Crippen LogP contribution in [0.1, 0.15) is 51.2 Å². The van der Waals surface area contributed by atoms with Crippen LogP contribution in [-0.4, -0.2) is 17.1 Å². The molecule has 1 aromatic rings. The van der Waals surface area contributed by atoms with Gasteiger partial charge in [-0.1, -0.05) is 52.0 Å². The number of carbonyl (C=O) groups is 1. The van der Waals surface area contributed by atoms with Gasteiger partial charge in [0.2, 0.25) is 0 Å². The highest BCUT2D eigenvalue weighted by Gasteiger charge is 2.26. The predicted molar refractivity (Wildman–Crippen MR) is 73.8 cm³/mol. The number of nitrogens with two attached hydrogens (primary N) is 1. The maximum absolute atomic E-state index is 10.8. The lowest BCUT2D eigenvalue weighted by atomic mass is 9.78. The molecule has 18 heavy (non-hydrogen) atoms. The van der Waals surface area contributed by atoms with Gasteiger partial charge in [-0.15, -0.1) is 0 Å². The van der Waals surface area contributed by atoms with Gasteiger partial charge in [-0.2, -0.15) is 0 Å². The van der Waals surface area contributed by atoms with Gasteiger partial charge in [0.05, 0.1) is 0 Å². The number of hydrogen-bond acceptors (Lipinski definition) is 2. The van der Waals surface area contributed by atoms with Gasteiger partial charge in [0.1, 0.15) is 6.04 Å². The van der Waals surface area contributed by atoms with E-state index in [-0.39, 0.29) is 5.41 Å². The van der Waals surface area contributed by atoms with Crippen molar-refractivity contribution >= 4 is 5.97 Å². The van der Waals surface area contributed by atoms with Crippen molar-refractivity contribution in [2.45, 2.75) is 51.5 Å². The molecule has 1 unspecified atom stereocenters. The van der Waals surface area contributed by atoms with E-state index < -0.39 is 12.0 Å². The highest BCUT2D eigenvalue weighted by Crippen LogP contribution is 2.29. The quantitative estimate of drug-likeness (QED) is 0.843. The maximum atomic E-state index is 10.8. The van der Waals surface area contributed by atoms with Crippen LogP contribution in [-0.2, 0) is 10.2 Å². The molecule has 0 radical (unpaired) electrons. The van der Waals surface area contributed by atoms with Crippen LogP contribution in [0.5, 0.6) is 0 Å². The Kier molecular flexibility index (Phi) is 4.52. The van der Waals surface area contributed by atoms with Gasteiger partial charge in [0.25, 0.3) is 0 Å². The van der Waals surface area contributed by atoms with Crippen LogP contribution in [0.15, 0.2) is 24.3 Å². The van der Waals surface area contributed by atoms with Gasteiger partial charge >= 0.3 is 5.97 Å². The monoisotopic (exact) mass is 249 g/mol. The van der Waals surface area contributed by atoms with Crippen LogP contribution in [0.25, 0.3) is 0 Å². The zero-order valence-corrected chi connectivity index (χ0v) is 11.6. The highest BCUT2D eigenvalue weighted by molar-refractivity contribution is 5.73. The standard InChI is InChI=1S/C15H23NO2/c1-10(2)11-5-7-12(8-6-11)15(3,4)9-13(16)14(17)18/h5-8,10,13H,9,16H2,1-4H3,(H,17,18). The van der Waals surface area contributed by atoms with Crippen LogP contribution in [0.2, 0.25) is 0 Å². The van der Waals surface area contributed by atoms with Crippen LogP contribution < -0.4 is 5.73 Å². The van der Waals surface area contributed by atoms with Gasteiger partial charge in [0.15, 0.2) is 0 Å². The highest BCUT2D eigenvalue weighted by atomic mass is 16.4.